The van der Waals surface area contributed by atoms with Crippen LogP contribution < -0.4 is 10.0 Å². The van der Waals surface area contributed by atoms with Crippen molar-refractivity contribution >= 4 is 21.5 Å². The third-order valence-corrected chi connectivity index (χ3v) is 4.15. The highest BCUT2D eigenvalue weighted by Gasteiger charge is 2.12. The first-order chi connectivity index (χ1) is 8.79. The van der Waals surface area contributed by atoms with Crippen molar-refractivity contribution in [2.75, 3.05) is 23.3 Å². The molecule has 7 heteroatoms. The summed E-state index contributed by atoms with van der Waals surface area (Å²) in [7, 11) is 0.0431. The van der Waals surface area contributed by atoms with Crippen LogP contribution in [0.15, 0.2) is 30.3 Å². The molecule has 0 aliphatic carbocycles. The second-order valence-corrected chi connectivity index (χ2v) is 6.37. The number of rotatable bonds is 3. The molecule has 1 aromatic heterocycles. The number of anilines is 2. The highest BCUT2D eigenvalue weighted by Crippen LogP contribution is 2.23. The average Bonchev–Trinajstić information content (AvgIpc) is 2.68. The molecule has 0 radical (unpaired) electrons. The van der Waals surface area contributed by atoms with E-state index >= 15 is 0 Å². The molecule has 0 saturated heterocycles. The van der Waals surface area contributed by atoms with E-state index in [-0.39, 0.29) is 0 Å². The van der Waals surface area contributed by atoms with E-state index in [1.807, 2.05) is 12.1 Å². The van der Waals surface area contributed by atoms with Gasteiger partial charge in [0.2, 0.25) is 10.0 Å². The fourth-order valence-electron chi connectivity index (χ4n) is 1.66. The van der Waals surface area contributed by atoms with Crippen molar-refractivity contribution in [3.8, 4) is 11.3 Å². The lowest BCUT2D eigenvalue weighted by molar-refractivity contribution is 0.600. The van der Waals surface area contributed by atoms with Gasteiger partial charge in [0.25, 0.3) is 0 Å². The molecule has 0 bridgehead atoms. The van der Waals surface area contributed by atoms with Crippen molar-refractivity contribution < 1.29 is 8.42 Å². The van der Waals surface area contributed by atoms with Crippen LogP contribution in [-0.2, 0) is 17.1 Å². The molecule has 102 valence electrons. The van der Waals surface area contributed by atoms with Gasteiger partial charge in [-0.1, -0.05) is 12.1 Å². The van der Waals surface area contributed by atoms with Crippen LogP contribution in [0.5, 0.6) is 0 Å². The zero-order valence-electron chi connectivity index (χ0n) is 11.0. The minimum atomic E-state index is -3.24. The van der Waals surface area contributed by atoms with Crippen molar-refractivity contribution in [2.24, 2.45) is 7.05 Å². The van der Waals surface area contributed by atoms with E-state index in [1.165, 1.54) is 17.6 Å². The Hall–Kier alpha value is -2.02. The SMILES string of the molecule is CN(c1ccc(-c2cc(N)n(C)n2)cc1)S(C)(=O)=O. The highest BCUT2D eigenvalue weighted by molar-refractivity contribution is 7.92. The number of benzene rings is 1. The number of hydrogen-bond donors (Lipinski definition) is 1. The number of nitrogen functional groups attached to an aromatic ring is 1. The lowest BCUT2D eigenvalue weighted by atomic mass is 10.1. The first-order valence-electron chi connectivity index (χ1n) is 5.63. The molecule has 0 saturated carbocycles. The van der Waals surface area contributed by atoms with Gasteiger partial charge in [-0.3, -0.25) is 8.99 Å². The van der Waals surface area contributed by atoms with E-state index in [2.05, 4.69) is 5.10 Å². The minimum Gasteiger partial charge on any atom is -0.384 e. The molecular weight excluding hydrogens is 264 g/mol. The van der Waals surface area contributed by atoms with Crippen LogP contribution in [0.3, 0.4) is 0 Å². The van der Waals surface area contributed by atoms with Crippen molar-refractivity contribution in [2.45, 2.75) is 0 Å². The number of nitrogens with two attached hydrogens (primary N) is 1. The summed E-state index contributed by atoms with van der Waals surface area (Å²) in [4.78, 5) is 0. The highest BCUT2D eigenvalue weighted by atomic mass is 32.2. The van der Waals surface area contributed by atoms with Gasteiger partial charge in [0.05, 0.1) is 17.6 Å². The van der Waals surface area contributed by atoms with Gasteiger partial charge in [0, 0.05) is 25.7 Å². The summed E-state index contributed by atoms with van der Waals surface area (Å²) < 4.78 is 25.7. The molecule has 0 atom stereocenters. The summed E-state index contributed by atoms with van der Waals surface area (Å²) in [5.74, 6) is 0.576. The Balaban J connectivity index is 2.33. The fraction of sp³-hybridized carbons (Fsp3) is 0.250. The van der Waals surface area contributed by atoms with Crippen LogP contribution in [-0.4, -0.2) is 31.5 Å². The van der Waals surface area contributed by atoms with Gasteiger partial charge in [-0.15, -0.1) is 0 Å². The molecule has 1 heterocycles. The van der Waals surface area contributed by atoms with Gasteiger partial charge in [0.1, 0.15) is 5.82 Å². The molecule has 2 aromatic rings. The maximum atomic E-state index is 11.4. The second-order valence-electron chi connectivity index (χ2n) is 4.36. The zero-order valence-corrected chi connectivity index (χ0v) is 11.8. The first kappa shape index (κ1) is 13.4. The van der Waals surface area contributed by atoms with E-state index in [4.69, 9.17) is 5.73 Å². The summed E-state index contributed by atoms with van der Waals surface area (Å²) in [6.45, 7) is 0. The van der Waals surface area contributed by atoms with Crippen molar-refractivity contribution in [1.29, 1.82) is 0 Å². The molecule has 2 rings (SSSR count). The Morgan fingerprint density at radius 3 is 2.26 bits per heavy atom. The quantitative estimate of drug-likeness (QED) is 0.911. The van der Waals surface area contributed by atoms with Crippen LogP contribution >= 0.6 is 0 Å². The third kappa shape index (κ3) is 2.70. The number of aromatic nitrogens is 2. The number of aryl methyl sites for hydroxylation is 1. The Bertz CT molecular complexity index is 670. The third-order valence-electron chi connectivity index (χ3n) is 2.94. The van der Waals surface area contributed by atoms with Gasteiger partial charge < -0.3 is 5.73 Å². The monoisotopic (exact) mass is 280 g/mol. The van der Waals surface area contributed by atoms with Crippen molar-refractivity contribution in [3.63, 3.8) is 0 Å². The maximum absolute atomic E-state index is 11.4. The van der Waals surface area contributed by atoms with E-state index in [0.717, 1.165) is 11.3 Å². The largest absolute Gasteiger partial charge is 0.384 e. The van der Waals surface area contributed by atoms with Gasteiger partial charge in [-0.2, -0.15) is 5.10 Å². The smallest absolute Gasteiger partial charge is 0.231 e. The van der Waals surface area contributed by atoms with Crippen LogP contribution in [0.4, 0.5) is 11.5 Å². The maximum Gasteiger partial charge on any atom is 0.231 e. The lowest BCUT2D eigenvalue weighted by Gasteiger charge is -2.16. The van der Waals surface area contributed by atoms with E-state index < -0.39 is 10.0 Å². The Morgan fingerprint density at radius 1 is 1.26 bits per heavy atom. The van der Waals surface area contributed by atoms with Gasteiger partial charge in [-0.25, -0.2) is 8.42 Å². The summed E-state index contributed by atoms with van der Waals surface area (Å²) in [6.07, 6.45) is 1.17. The summed E-state index contributed by atoms with van der Waals surface area (Å²) >= 11 is 0. The molecule has 1 aromatic carbocycles. The van der Waals surface area contributed by atoms with E-state index in [9.17, 15) is 8.42 Å². The molecule has 0 aliphatic rings. The van der Waals surface area contributed by atoms with Gasteiger partial charge in [-0.05, 0) is 12.1 Å². The van der Waals surface area contributed by atoms with Gasteiger partial charge in [0.15, 0.2) is 0 Å². The summed E-state index contributed by atoms with van der Waals surface area (Å²) in [6, 6.07) is 8.88. The molecule has 2 N–H and O–H groups in total. The number of sulfonamides is 1. The molecule has 6 nitrogen and oxygen atoms in total. The van der Waals surface area contributed by atoms with Crippen LogP contribution in [0.1, 0.15) is 0 Å². The topological polar surface area (TPSA) is 81.2 Å². The van der Waals surface area contributed by atoms with Crippen LogP contribution in [0.2, 0.25) is 0 Å². The number of nitrogens with zero attached hydrogens (tertiary/aromatic N) is 3. The molecule has 0 unspecified atom stereocenters. The molecule has 19 heavy (non-hydrogen) atoms. The van der Waals surface area contributed by atoms with E-state index in [1.54, 1.807) is 29.9 Å². The Morgan fingerprint density at radius 2 is 1.84 bits per heavy atom. The molecule has 0 amide bonds. The first-order valence-corrected chi connectivity index (χ1v) is 7.48. The molecular formula is C12H16N4O2S. The lowest BCUT2D eigenvalue weighted by Crippen LogP contribution is -2.24. The molecule has 0 aliphatic heterocycles. The fourth-order valence-corrected chi connectivity index (χ4v) is 2.16. The number of hydrogen-bond acceptors (Lipinski definition) is 4. The molecule has 0 spiro atoms. The predicted octanol–water partition coefficient (Wildman–Crippen LogP) is 1.07. The predicted molar refractivity (Wildman–Crippen MR) is 76.3 cm³/mol. The van der Waals surface area contributed by atoms with Crippen molar-refractivity contribution in [3.05, 3.63) is 30.3 Å². The minimum absolute atomic E-state index is 0.576. The van der Waals surface area contributed by atoms with Gasteiger partial charge >= 0.3 is 0 Å². The van der Waals surface area contributed by atoms with Crippen LogP contribution in [0, 0.1) is 0 Å². The zero-order chi connectivity index (χ0) is 14.2. The molecule has 0 fully saturated rings. The van der Waals surface area contributed by atoms with Crippen molar-refractivity contribution in [1.82, 2.24) is 9.78 Å². The average molecular weight is 280 g/mol. The van der Waals surface area contributed by atoms with Crippen LogP contribution in [0.25, 0.3) is 11.3 Å². The Kier molecular flexibility index (Phi) is 3.23. The summed E-state index contributed by atoms with van der Waals surface area (Å²) in [5, 5.41) is 4.26. The Labute approximate surface area is 112 Å². The normalized spacial score (nSPS) is 11.5. The summed E-state index contributed by atoms with van der Waals surface area (Å²) in [5.41, 5.74) is 7.98. The second kappa shape index (κ2) is 4.58. The standard InChI is InChI=1S/C12H16N4O2S/c1-15-12(13)8-11(14-15)9-4-6-10(7-5-9)16(2)19(3,17)18/h4-8H,13H2,1-3H3. The van der Waals surface area contributed by atoms with E-state index in [0.29, 0.717) is 11.5 Å².